The van der Waals surface area contributed by atoms with Crippen molar-refractivity contribution >= 4 is 67.2 Å². The standard InChI is InChI=1S/C19H16BrN3O2S3/c1-11-21-22-19(28-11)27-10-15-14-5-3-4-6-16(14)25-17(15)18(24)23(2)8-13-7-12(20)9-26-13/h3-7,9H,8,10H2,1-2H3. The maximum absolute atomic E-state index is 13.2. The predicted molar refractivity (Wildman–Crippen MR) is 118 cm³/mol. The summed E-state index contributed by atoms with van der Waals surface area (Å²) in [5, 5.41) is 12.1. The van der Waals surface area contributed by atoms with E-state index in [-0.39, 0.29) is 5.91 Å². The fourth-order valence-electron chi connectivity index (χ4n) is 2.80. The van der Waals surface area contributed by atoms with Crippen LogP contribution >= 0.6 is 50.4 Å². The lowest BCUT2D eigenvalue weighted by molar-refractivity contribution is 0.0756. The number of thiophene rings is 1. The molecule has 0 aliphatic carbocycles. The summed E-state index contributed by atoms with van der Waals surface area (Å²) in [7, 11) is 1.80. The van der Waals surface area contributed by atoms with Gasteiger partial charge in [-0.05, 0) is 35.0 Å². The summed E-state index contributed by atoms with van der Waals surface area (Å²) in [6.07, 6.45) is 0. The Morgan fingerprint density at radius 1 is 1.32 bits per heavy atom. The maximum Gasteiger partial charge on any atom is 0.290 e. The summed E-state index contributed by atoms with van der Waals surface area (Å²) < 4.78 is 7.89. The number of fused-ring (bicyclic) bond motifs is 1. The monoisotopic (exact) mass is 493 g/mol. The Hall–Kier alpha value is -1.68. The second kappa shape index (κ2) is 8.36. The molecule has 0 spiro atoms. The molecule has 0 saturated heterocycles. The van der Waals surface area contributed by atoms with Gasteiger partial charge in [0, 0.05) is 38.5 Å². The summed E-state index contributed by atoms with van der Waals surface area (Å²) in [6, 6.07) is 9.79. The van der Waals surface area contributed by atoms with Gasteiger partial charge in [0.2, 0.25) is 0 Å². The van der Waals surface area contributed by atoms with E-state index in [1.54, 1.807) is 46.4 Å². The van der Waals surface area contributed by atoms with Crippen LogP contribution in [0.4, 0.5) is 0 Å². The highest BCUT2D eigenvalue weighted by Crippen LogP contribution is 2.34. The van der Waals surface area contributed by atoms with E-state index in [0.29, 0.717) is 18.1 Å². The molecular weight excluding hydrogens is 478 g/mol. The number of thioether (sulfide) groups is 1. The molecule has 5 nitrogen and oxygen atoms in total. The molecule has 0 aliphatic heterocycles. The van der Waals surface area contributed by atoms with Crippen LogP contribution in [0.5, 0.6) is 0 Å². The van der Waals surface area contributed by atoms with E-state index in [2.05, 4.69) is 26.1 Å². The lowest BCUT2D eigenvalue weighted by atomic mass is 10.1. The minimum Gasteiger partial charge on any atom is -0.451 e. The Balaban J connectivity index is 1.62. The summed E-state index contributed by atoms with van der Waals surface area (Å²) in [5.41, 5.74) is 1.62. The SMILES string of the molecule is Cc1nnc(SCc2c(C(=O)N(C)Cc3cc(Br)cs3)oc3ccccc23)s1. The van der Waals surface area contributed by atoms with Gasteiger partial charge in [0.1, 0.15) is 10.6 Å². The molecule has 0 aliphatic rings. The third kappa shape index (κ3) is 4.17. The van der Waals surface area contributed by atoms with Gasteiger partial charge in [-0.15, -0.1) is 21.5 Å². The van der Waals surface area contributed by atoms with Crippen molar-refractivity contribution in [1.29, 1.82) is 0 Å². The first-order chi connectivity index (χ1) is 13.5. The van der Waals surface area contributed by atoms with Crippen molar-refractivity contribution in [2.24, 2.45) is 0 Å². The quantitative estimate of drug-likeness (QED) is 0.309. The molecule has 9 heteroatoms. The van der Waals surface area contributed by atoms with E-state index >= 15 is 0 Å². The van der Waals surface area contributed by atoms with Crippen LogP contribution in [-0.2, 0) is 12.3 Å². The molecule has 0 unspecified atom stereocenters. The first-order valence-electron chi connectivity index (χ1n) is 8.43. The van der Waals surface area contributed by atoms with Gasteiger partial charge in [0.05, 0.1) is 6.54 Å². The van der Waals surface area contributed by atoms with Gasteiger partial charge in [-0.2, -0.15) is 0 Å². The molecule has 3 aromatic heterocycles. The molecular formula is C19H16BrN3O2S3. The molecule has 0 radical (unpaired) electrons. The van der Waals surface area contributed by atoms with Crippen LogP contribution in [0.2, 0.25) is 0 Å². The third-order valence-corrected chi connectivity index (χ3v) is 7.78. The van der Waals surface area contributed by atoms with Crippen LogP contribution in [-0.4, -0.2) is 28.1 Å². The summed E-state index contributed by atoms with van der Waals surface area (Å²) in [5.74, 6) is 0.878. The van der Waals surface area contributed by atoms with E-state index in [9.17, 15) is 4.79 Å². The second-order valence-electron chi connectivity index (χ2n) is 6.17. The van der Waals surface area contributed by atoms with E-state index in [1.165, 1.54) is 0 Å². The highest BCUT2D eigenvalue weighted by atomic mass is 79.9. The molecule has 3 heterocycles. The second-order valence-corrected chi connectivity index (χ2v) is 10.5. The van der Waals surface area contributed by atoms with Crippen LogP contribution in [0, 0.1) is 6.92 Å². The van der Waals surface area contributed by atoms with Crippen LogP contribution < -0.4 is 0 Å². The fraction of sp³-hybridized carbons (Fsp3) is 0.211. The zero-order valence-corrected chi connectivity index (χ0v) is 19.2. The molecule has 0 N–H and O–H groups in total. The number of halogens is 1. The van der Waals surface area contributed by atoms with Crippen LogP contribution in [0.15, 0.2) is 48.9 Å². The summed E-state index contributed by atoms with van der Waals surface area (Å²) in [4.78, 5) is 16.0. The number of nitrogens with zero attached hydrogens (tertiary/aromatic N) is 3. The largest absolute Gasteiger partial charge is 0.451 e. The van der Waals surface area contributed by atoms with Gasteiger partial charge in [0.15, 0.2) is 10.1 Å². The smallest absolute Gasteiger partial charge is 0.290 e. The van der Waals surface area contributed by atoms with Crippen molar-refractivity contribution < 1.29 is 9.21 Å². The number of hydrogen-bond acceptors (Lipinski definition) is 7. The van der Waals surface area contributed by atoms with Crippen molar-refractivity contribution in [1.82, 2.24) is 15.1 Å². The average molecular weight is 494 g/mol. The van der Waals surface area contributed by atoms with Crippen LogP contribution in [0.3, 0.4) is 0 Å². The molecule has 0 fully saturated rings. The van der Waals surface area contributed by atoms with Crippen molar-refractivity contribution in [2.45, 2.75) is 23.6 Å². The van der Waals surface area contributed by atoms with E-state index in [1.807, 2.05) is 42.6 Å². The maximum atomic E-state index is 13.2. The van der Waals surface area contributed by atoms with Gasteiger partial charge in [0.25, 0.3) is 5.91 Å². The third-order valence-electron chi connectivity index (χ3n) is 4.10. The molecule has 28 heavy (non-hydrogen) atoms. The number of carbonyl (C=O) groups excluding carboxylic acids is 1. The highest BCUT2D eigenvalue weighted by molar-refractivity contribution is 9.10. The normalized spacial score (nSPS) is 11.2. The van der Waals surface area contributed by atoms with Crippen molar-refractivity contribution in [3.05, 3.63) is 61.4 Å². The zero-order valence-electron chi connectivity index (χ0n) is 15.1. The van der Waals surface area contributed by atoms with E-state index in [4.69, 9.17) is 4.42 Å². The molecule has 0 saturated carbocycles. The number of carbonyl (C=O) groups is 1. The topological polar surface area (TPSA) is 59.2 Å². The lowest BCUT2D eigenvalue weighted by Gasteiger charge is -2.15. The Labute approximate surface area is 182 Å². The Morgan fingerprint density at radius 2 is 2.14 bits per heavy atom. The first kappa shape index (κ1) is 19.6. The number of rotatable bonds is 6. The highest BCUT2D eigenvalue weighted by Gasteiger charge is 2.24. The first-order valence-corrected chi connectivity index (χ1v) is 11.9. The van der Waals surface area contributed by atoms with Gasteiger partial charge in [-0.1, -0.05) is 41.3 Å². The van der Waals surface area contributed by atoms with Crippen LogP contribution in [0.1, 0.15) is 26.0 Å². The van der Waals surface area contributed by atoms with Gasteiger partial charge in [-0.25, -0.2) is 0 Å². The molecule has 0 bridgehead atoms. The van der Waals surface area contributed by atoms with Gasteiger partial charge < -0.3 is 9.32 Å². The molecule has 0 atom stereocenters. The number of aromatic nitrogens is 2. The molecule has 4 aromatic rings. The number of aryl methyl sites for hydroxylation is 1. The number of hydrogen-bond donors (Lipinski definition) is 0. The van der Waals surface area contributed by atoms with E-state index < -0.39 is 0 Å². The zero-order chi connectivity index (χ0) is 19.7. The Morgan fingerprint density at radius 3 is 2.86 bits per heavy atom. The minimum atomic E-state index is -0.121. The number of amides is 1. The summed E-state index contributed by atoms with van der Waals surface area (Å²) >= 11 is 8.21. The molecule has 144 valence electrons. The fourth-order valence-corrected chi connectivity index (χ4v) is 6.15. The van der Waals surface area contributed by atoms with Gasteiger partial charge >= 0.3 is 0 Å². The predicted octanol–water partition coefficient (Wildman–Crippen LogP) is 5.98. The van der Waals surface area contributed by atoms with Gasteiger partial charge in [-0.3, -0.25) is 4.79 Å². The van der Waals surface area contributed by atoms with Crippen molar-refractivity contribution in [3.63, 3.8) is 0 Å². The van der Waals surface area contributed by atoms with Crippen molar-refractivity contribution in [3.8, 4) is 0 Å². The van der Waals surface area contributed by atoms with Crippen molar-refractivity contribution in [2.75, 3.05) is 7.05 Å². The number of para-hydroxylation sites is 1. The van der Waals surface area contributed by atoms with E-state index in [0.717, 1.165) is 35.2 Å². The minimum absolute atomic E-state index is 0.121. The molecule has 4 rings (SSSR count). The number of benzene rings is 1. The average Bonchev–Trinajstić information content (AvgIpc) is 3.38. The lowest BCUT2D eigenvalue weighted by Crippen LogP contribution is -2.26. The molecule has 1 aromatic carbocycles. The molecule has 1 amide bonds. The van der Waals surface area contributed by atoms with Crippen LogP contribution in [0.25, 0.3) is 11.0 Å². The Bertz CT molecular complexity index is 1130. The number of furan rings is 1. The Kier molecular flexibility index (Phi) is 5.86. The summed E-state index contributed by atoms with van der Waals surface area (Å²) in [6.45, 7) is 2.47.